The maximum absolute atomic E-state index is 11.4. The maximum Gasteiger partial charge on any atom is 0.329 e. The van der Waals surface area contributed by atoms with Gasteiger partial charge >= 0.3 is 8.46 Å². The van der Waals surface area contributed by atoms with Crippen LogP contribution in [0, 0.1) is 0 Å². The molecule has 1 unspecified atom stereocenters. The first kappa shape index (κ1) is 21.2. The Morgan fingerprint density at radius 1 is 0.889 bits per heavy atom. The Hall–Kier alpha value is -2.14. The molecule has 0 N–H and O–H groups in total. The van der Waals surface area contributed by atoms with Gasteiger partial charge < -0.3 is 18.9 Å². The molecule has 0 spiro atoms. The normalized spacial score (nSPS) is 11.0. The van der Waals surface area contributed by atoms with E-state index in [1.165, 1.54) is 0 Å². The van der Waals surface area contributed by atoms with Gasteiger partial charge in [-0.15, -0.1) is 0 Å². The highest BCUT2D eigenvalue weighted by molar-refractivity contribution is 7.22. The third kappa shape index (κ3) is 5.19. The zero-order valence-electron chi connectivity index (χ0n) is 16.5. The van der Waals surface area contributed by atoms with E-state index in [4.69, 9.17) is 18.9 Å². The van der Waals surface area contributed by atoms with Crippen molar-refractivity contribution in [3.63, 3.8) is 0 Å². The number of benzene rings is 1. The van der Waals surface area contributed by atoms with Crippen LogP contribution in [0.15, 0.2) is 6.07 Å². The van der Waals surface area contributed by atoms with E-state index >= 15 is 0 Å². The van der Waals surface area contributed by atoms with E-state index in [0.717, 1.165) is 18.4 Å². The van der Waals surface area contributed by atoms with Crippen LogP contribution in [0.3, 0.4) is 0 Å². The molecular weight excluding hydrogens is 367 g/mol. The van der Waals surface area contributed by atoms with Crippen molar-refractivity contribution in [2.45, 2.75) is 46.7 Å². The molecule has 0 aliphatic rings. The molecule has 0 radical (unpaired) electrons. The highest BCUT2D eigenvalue weighted by Gasteiger charge is 2.23. The molecule has 0 amide bonds. The molecule has 148 valence electrons. The number of nitrogens with zero attached hydrogens (tertiary/aromatic N) is 2. The smallest absolute Gasteiger partial charge is 0.329 e. The summed E-state index contributed by atoms with van der Waals surface area (Å²) in [7, 11) is -0.511. The summed E-state index contributed by atoms with van der Waals surface area (Å²) in [4.78, 5) is 9.25. The highest BCUT2D eigenvalue weighted by Crippen LogP contribution is 2.40. The minimum atomic E-state index is -0.511. The quantitative estimate of drug-likeness (QED) is 0.489. The van der Waals surface area contributed by atoms with Gasteiger partial charge in [0.1, 0.15) is 16.8 Å². The molecule has 1 heterocycles. The number of ether oxygens (including phenoxy) is 4. The zero-order chi connectivity index (χ0) is 19.6. The molecule has 0 aliphatic heterocycles. The fourth-order valence-corrected chi connectivity index (χ4v) is 3.04. The summed E-state index contributed by atoms with van der Waals surface area (Å²) in [6, 6.07) is 1.80. The van der Waals surface area contributed by atoms with Crippen LogP contribution in [-0.2, 0) is 10.7 Å². The van der Waals surface area contributed by atoms with Crippen molar-refractivity contribution in [2.75, 3.05) is 26.4 Å². The zero-order valence-corrected chi connectivity index (χ0v) is 17.5. The lowest BCUT2D eigenvalue weighted by atomic mass is 10.1. The lowest BCUT2D eigenvalue weighted by Gasteiger charge is -2.16. The van der Waals surface area contributed by atoms with Gasteiger partial charge in [0.2, 0.25) is 0 Å². The van der Waals surface area contributed by atoms with Gasteiger partial charge in [0.05, 0.1) is 32.0 Å². The Morgan fingerprint density at radius 2 is 1.52 bits per heavy atom. The van der Waals surface area contributed by atoms with Gasteiger partial charge in [-0.25, -0.2) is 9.97 Å². The molecule has 0 saturated heterocycles. The number of aromatic nitrogens is 2. The Kier molecular flexibility index (Phi) is 8.52. The molecule has 0 fully saturated rings. The molecular formula is C19H28N2O5P+. The summed E-state index contributed by atoms with van der Waals surface area (Å²) in [5.74, 6) is 1.85. The third-order valence-electron chi connectivity index (χ3n) is 3.64. The van der Waals surface area contributed by atoms with Crippen molar-refractivity contribution in [3.05, 3.63) is 11.6 Å². The maximum atomic E-state index is 11.4. The molecule has 2 rings (SSSR count). The Labute approximate surface area is 161 Å². The Morgan fingerprint density at radius 3 is 2.07 bits per heavy atom. The molecule has 2 aromatic rings. The second-order valence-corrected chi connectivity index (χ2v) is 6.41. The number of hydrogen-bond donors (Lipinski definition) is 0. The SMILES string of the molecule is CCCOc1nc2cc(OCC)c(C[PH+]=O)c(OCC)c2nc1OCCC. The summed E-state index contributed by atoms with van der Waals surface area (Å²) in [6.45, 7) is 9.80. The van der Waals surface area contributed by atoms with Crippen LogP contribution < -0.4 is 18.9 Å². The lowest BCUT2D eigenvalue weighted by Crippen LogP contribution is -2.07. The van der Waals surface area contributed by atoms with Crippen molar-refractivity contribution < 1.29 is 23.5 Å². The van der Waals surface area contributed by atoms with Gasteiger partial charge in [0.25, 0.3) is 11.8 Å². The first-order valence-corrected chi connectivity index (χ1v) is 10.5. The summed E-state index contributed by atoms with van der Waals surface area (Å²) < 4.78 is 34.5. The van der Waals surface area contributed by atoms with Gasteiger partial charge in [0.15, 0.2) is 11.9 Å². The third-order valence-corrected chi connectivity index (χ3v) is 4.14. The van der Waals surface area contributed by atoms with Crippen LogP contribution in [0.1, 0.15) is 46.1 Å². The topological polar surface area (TPSA) is 79.8 Å². The monoisotopic (exact) mass is 395 g/mol. The van der Waals surface area contributed by atoms with Gasteiger partial charge in [-0.05, 0) is 26.7 Å². The molecule has 0 aliphatic carbocycles. The number of fused-ring (bicyclic) bond motifs is 1. The van der Waals surface area contributed by atoms with Crippen LogP contribution in [0.2, 0.25) is 0 Å². The minimum absolute atomic E-state index is 0.321. The van der Waals surface area contributed by atoms with Crippen LogP contribution in [0.4, 0.5) is 0 Å². The minimum Gasteiger partial charge on any atom is -0.493 e. The predicted octanol–water partition coefficient (Wildman–Crippen LogP) is 4.53. The van der Waals surface area contributed by atoms with Crippen molar-refractivity contribution in [1.82, 2.24) is 9.97 Å². The van der Waals surface area contributed by atoms with Crippen LogP contribution >= 0.6 is 8.46 Å². The summed E-state index contributed by atoms with van der Waals surface area (Å²) in [6.07, 6.45) is 2.02. The molecule has 1 aromatic carbocycles. The molecule has 0 bridgehead atoms. The van der Waals surface area contributed by atoms with Gasteiger partial charge in [0, 0.05) is 6.07 Å². The first-order valence-electron chi connectivity index (χ1n) is 9.43. The van der Waals surface area contributed by atoms with E-state index in [-0.39, 0.29) is 0 Å². The fraction of sp³-hybridized carbons (Fsp3) is 0.579. The largest absolute Gasteiger partial charge is 0.493 e. The highest BCUT2D eigenvalue weighted by atomic mass is 31.1. The van der Waals surface area contributed by atoms with E-state index in [0.29, 0.717) is 66.9 Å². The van der Waals surface area contributed by atoms with Crippen molar-refractivity contribution in [3.8, 4) is 23.3 Å². The molecule has 1 atom stereocenters. The molecule has 8 heteroatoms. The summed E-state index contributed by atoms with van der Waals surface area (Å²) in [5, 5.41) is 0. The Bertz CT molecular complexity index is 770. The molecule has 1 aromatic heterocycles. The van der Waals surface area contributed by atoms with E-state index < -0.39 is 8.46 Å². The van der Waals surface area contributed by atoms with Crippen LogP contribution in [0.5, 0.6) is 23.3 Å². The van der Waals surface area contributed by atoms with E-state index in [1.54, 1.807) is 6.07 Å². The molecule has 0 saturated carbocycles. The molecule has 7 nitrogen and oxygen atoms in total. The number of rotatable bonds is 12. The average Bonchev–Trinajstić information content (AvgIpc) is 2.67. The Balaban J connectivity index is 2.70. The van der Waals surface area contributed by atoms with Crippen molar-refractivity contribution in [2.24, 2.45) is 0 Å². The van der Waals surface area contributed by atoms with Crippen molar-refractivity contribution in [1.29, 1.82) is 0 Å². The number of hydrogen-bond acceptors (Lipinski definition) is 7. The predicted molar refractivity (Wildman–Crippen MR) is 106 cm³/mol. The summed E-state index contributed by atoms with van der Waals surface area (Å²) in [5.41, 5.74) is 1.89. The second kappa shape index (κ2) is 10.9. The van der Waals surface area contributed by atoms with Crippen molar-refractivity contribution >= 4 is 19.5 Å². The van der Waals surface area contributed by atoms with Gasteiger partial charge in [-0.1, -0.05) is 18.4 Å². The average molecular weight is 395 g/mol. The first-order chi connectivity index (χ1) is 13.2. The summed E-state index contributed by atoms with van der Waals surface area (Å²) >= 11 is 0. The molecule has 27 heavy (non-hydrogen) atoms. The fourth-order valence-electron chi connectivity index (χ4n) is 2.56. The standard InChI is InChI=1S/C19H27N2O5P/c1-5-9-25-18-19(26-10-6-2)21-16-14(20-18)11-15(23-7-3)13(12-27-22)17(16)24-8-4/h11H,5-10,12H2,1-4H3/p+1. The van der Waals surface area contributed by atoms with E-state index in [9.17, 15) is 4.57 Å². The second-order valence-electron chi connectivity index (χ2n) is 5.77. The van der Waals surface area contributed by atoms with Crippen LogP contribution in [-0.4, -0.2) is 36.4 Å². The lowest BCUT2D eigenvalue weighted by molar-refractivity contribution is 0.252. The van der Waals surface area contributed by atoms with Crippen LogP contribution in [0.25, 0.3) is 11.0 Å². The van der Waals surface area contributed by atoms with E-state index in [2.05, 4.69) is 9.97 Å². The van der Waals surface area contributed by atoms with Gasteiger partial charge in [-0.2, -0.15) is 0 Å². The van der Waals surface area contributed by atoms with E-state index in [1.807, 2.05) is 27.7 Å². The van der Waals surface area contributed by atoms with Gasteiger partial charge in [-0.3, -0.25) is 0 Å².